The Hall–Kier alpha value is -1.24. The van der Waals surface area contributed by atoms with Crippen molar-refractivity contribution >= 4 is 5.69 Å². The van der Waals surface area contributed by atoms with E-state index in [0.29, 0.717) is 5.92 Å². The summed E-state index contributed by atoms with van der Waals surface area (Å²) in [5, 5.41) is 3.45. The number of hydrogen-bond donors (Lipinski definition) is 1. The molecule has 0 saturated carbocycles. The molecule has 94 valence electrons. The number of para-hydroxylation sites is 1. The Balaban J connectivity index is 2.78. The highest BCUT2D eigenvalue weighted by molar-refractivity contribution is 5.55. The first-order chi connectivity index (χ1) is 7.79. The standard InChI is InChI=1S/C16H25N/c1-12(2)14-9-7-8-10-15(14)17-13(3)11-16(4,5)6/h7-10,12,17H,3,11H2,1-2,4-6H3. The molecule has 1 nitrogen and oxygen atoms in total. The second kappa shape index (κ2) is 5.39. The maximum atomic E-state index is 4.12. The first kappa shape index (κ1) is 13.8. The highest BCUT2D eigenvalue weighted by Gasteiger charge is 2.13. The maximum Gasteiger partial charge on any atom is 0.0416 e. The van der Waals surface area contributed by atoms with E-state index in [-0.39, 0.29) is 5.41 Å². The fourth-order valence-electron chi connectivity index (χ4n) is 1.99. The molecule has 0 unspecified atom stereocenters. The van der Waals surface area contributed by atoms with E-state index in [1.807, 2.05) is 0 Å². The molecule has 0 aliphatic rings. The molecule has 0 amide bonds. The Bertz CT molecular complexity index is 383. The molecular formula is C16H25N. The zero-order chi connectivity index (χ0) is 13.1. The fourth-order valence-corrected chi connectivity index (χ4v) is 1.99. The lowest BCUT2D eigenvalue weighted by molar-refractivity contribution is 0.411. The molecule has 0 spiro atoms. The van der Waals surface area contributed by atoms with Gasteiger partial charge in [-0.1, -0.05) is 59.4 Å². The van der Waals surface area contributed by atoms with E-state index in [4.69, 9.17) is 0 Å². The molecule has 0 heterocycles. The normalized spacial score (nSPS) is 11.6. The first-order valence-corrected chi connectivity index (χ1v) is 6.33. The Kier molecular flexibility index (Phi) is 4.39. The Morgan fingerprint density at radius 3 is 2.35 bits per heavy atom. The lowest BCUT2D eigenvalue weighted by Gasteiger charge is -2.22. The van der Waals surface area contributed by atoms with Crippen molar-refractivity contribution in [3.8, 4) is 0 Å². The monoisotopic (exact) mass is 231 g/mol. The van der Waals surface area contributed by atoms with Crippen molar-refractivity contribution in [2.24, 2.45) is 5.41 Å². The topological polar surface area (TPSA) is 12.0 Å². The lowest BCUT2D eigenvalue weighted by Crippen LogP contribution is -2.11. The van der Waals surface area contributed by atoms with Crippen LogP contribution in [0.15, 0.2) is 36.5 Å². The summed E-state index contributed by atoms with van der Waals surface area (Å²) < 4.78 is 0. The summed E-state index contributed by atoms with van der Waals surface area (Å²) in [6.45, 7) is 15.2. The van der Waals surface area contributed by atoms with E-state index in [1.165, 1.54) is 11.3 Å². The van der Waals surface area contributed by atoms with Crippen LogP contribution in [0.3, 0.4) is 0 Å². The molecule has 0 aliphatic carbocycles. The first-order valence-electron chi connectivity index (χ1n) is 6.33. The van der Waals surface area contributed by atoms with Gasteiger partial charge in [-0.05, 0) is 29.4 Å². The van der Waals surface area contributed by atoms with Crippen molar-refractivity contribution in [2.75, 3.05) is 5.32 Å². The van der Waals surface area contributed by atoms with Crippen LogP contribution in [0.5, 0.6) is 0 Å². The van der Waals surface area contributed by atoms with Gasteiger partial charge in [0.2, 0.25) is 0 Å². The van der Waals surface area contributed by atoms with Gasteiger partial charge in [-0.2, -0.15) is 0 Å². The van der Waals surface area contributed by atoms with E-state index in [0.717, 1.165) is 12.1 Å². The Morgan fingerprint density at radius 2 is 1.82 bits per heavy atom. The molecule has 1 N–H and O–H groups in total. The van der Waals surface area contributed by atoms with E-state index in [9.17, 15) is 0 Å². The molecule has 0 fully saturated rings. The molecule has 0 saturated heterocycles. The van der Waals surface area contributed by atoms with E-state index < -0.39 is 0 Å². The van der Waals surface area contributed by atoms with Crippen molar-refractivity contribution < 1.29 is 0 Å². The van der Waals surface area contributed by atoms with Crippen LogP contribution in [-0.2, 0) is 0 Å². The smallest absolute Gasteiger partial charge is 0.0416 e. The van der Waals surface area contributed by atoms with Gasteiger partial charge < -0.3 is 5.32 Å². The minimum absolute atomic E-state index is 0.275. The van der Waals surface area contributed by atoms with Gasteiger partial charge in [-0.3, -0.25) is 0 Å². The molecule has 0 aromatic heterocycles. The van der Waals surface area contributed by atoms with Gasteiger partial charge in [-0.25, -0.2) is 0 Å². The molecule has 0 aliphatic heterocycles. The number of benzene rings is 1. The van der Waals surface area contributed by atoms with Crippen molar-refractivity contribution in [3.05, 3.63) is 42.1 Å². The van der Waals surface area contributed by atoms with Crippen LogP contribution in [0.2, 0.25) is 0 Å². The average molecular weight is 231 g/mol. The summed E-state index contributed by atoms with van der Waals surface area (Å²) >= 11 is 0. The molecule has 0 bridgehead atoms. The summed E-state index contributed by atoms with van der Waals surface area (Å²) in [7, 11) is 0. The van der Waals surface area contributed by atoms with Gasteiger partial charge in [0.05, 0.1) is 0 Å². The quantitative estimate of drug-likeness (QED) is 0.753. The van der Waals surface area contributed by atoms with Crippen LogP contribution in [-0.4, -0.2) is 0 Å². The van der Waals surface area contributed by atoms with Gasteiger partial charge >= 0.3 is 0 Å². The van der Waals surface area contributed by atoms with Gasteiger partial charge in [-0.15, -0.1) is 0 Å². The summed E-state index contributed by atoms with van der Waals surface area (Å²) in [5.74, 6) is 0.529. The van der Waals surface area contributed by atoms with E-state index in [2.05, 4.69) is 70.8 Å². The molecule has 1 aromatic rings. The minimum Gasteiger partial charge on any atom is -0.359 e. The van der Waals surface area contributed by atoms with Crippen LogP contribution < -0.4 is 5.32 Å². The van der Waals surface area contributed by atoms with Gasteiger partial charge in [0, 0.05) is 11.4 Å². The fraction of sp³-hybridized carbons (Fsp3) is 0.500. The summed E-state index contributed by atoms with van der Waals surface area (Å²) in [4.78, 5) is 0. The Morgan fingerprint density at radius 1 is 1.24 bits per heavy atom. The molecule has 1 rings (SSSR count). The predicted octanol–water partition coefficient (Wildman–Crippen LogP) is 5.17. The van der Waals surface area contributed by atoms with Crippen molar-refractivity contribution in [1.82, 2.24) is 0 Å². The third-order valence-corrected chi connectivity index (χ3v) is 2.64. The van der Waals surface area contributed by atoms with Crippen molar-refractivity contribution in [2.45, 2.75) is 47.0 Å². The van der Waals surface area contributed by atoms with Crippen molar-refractivity contribution in [3.63, 3.8) is 0 Å². The van der Waals surface area contributed by atoms with Crippen LogP contribution >= 0.6 is 0 Å². The number of rotatable bonds is 4. The van der Waals surface area contributed by atoms with E-state index >= 15 is 0 Å². The molecule has 1 aromatic carbocycles. The van der Waals surface area contributed by atoms with Crippen molar-refractivity contribution in [1.29, 1.82) is 0 Å². The number of anilines is 1. The van der Waals surface area contributed by atoms with E-state index in [1.54, 1.807) is 0 Å². The second-order valence-corrected chi connectivity index (χ2v) is 6.21. The summed E-state index contributed by atoms with van der Waals surface area (Å²) in [5.41, 5.74) is 3.90. The largest absolute Gasteiger partial charge is 0.359 e. The van der Waals surface area contributed by atoms with Crippen LogP contribution in [0.1, 0.15) is 52.5 Å². The van der Waals surface area contributed by atoms with Gasteiger partial charge in [0.1, 0.15) is 0 Å². The SMILES string of the molecule is C=C(CC(C)(C)C)Nc1ccccc1C(C)C. The van der Waals surface area contributed by atoms with Crippen LogP contribution in [0.4, 0.5) is 5.69 Å². The number of hydrogen-bond acceptors (Lipinski definition) is 1. The molecule has 1 heteroatoms. The second-order valence-electron chi connectivity index (χ2n) is 6.21. The third-order valence-electron chi connectivity index (χ3n) is 2.64. The highest BCUT2D eigenvalue weighted by Crippen LogP contribution is 2.28. The highest BCUT2D eigenvalue weighted by atomic mass is 14.9. The predicted molar refractivity (Wildman–Crippen MR) is 77.4 cm³/mol. The Labute approximate surface area is 106 Å². The molecule has 0 atom stereocenters. The lowest BCUT2D eigenvalue weighted by atomic mass is 9.90. The summed E-state index contributed by atoms with van der Waals surface area (Å²) in [6, 6.07) is 8.46. The zero-order valence-corrected chi connectivity index (χ0v) is 11.8. The number of allylic oxidation sites excluding steroid dienone is 1. The van der Waals surface area contributed by atoms with Gasteiger partial charge in [0.15, 0.2) is 0 Å². The minimum atomic E-state index is 0.275. The van der Waals surface area contributed by atoms with Gasteiger partial charge in [0.25, 0.3) is 0 Å². The molecular weight excluding hydrogens is 206 g/mol. The van der Waals surface area contributed by atoms with Crippen LogP contribution in [0, 0.1) is 5.41 Å². The van der Waals surface area contributed by atoms with Crippen LogP contribution in [0.25, 0.3) is 0 Å². The molecule has 17 heavy (non-hydrogen) atoms. The number of nitrogens with one attached hydrogen (secondary N) is 1. The summed E-state index contributed by atoms with van der Waals surface area (Å²) in [6.07, 6.45) is 0.986. The zero-order valence-electron chi connectivity index (χ0n) is 11.8. The molecule has 0 radical (unpaired) electrons. The maximum absolute atomic E-state index is 4.12. The third kappa shape index (κ3) is 4.64. The average Bonchev–Trinajstić information content (AvgIpc) is 2.14.